The molecule has 2 aromatic carbocycles. The number of urea groups is 1. The van der Waals surface area contributed by atoms with Crippen molar-refractivity contribution in [3.05, 3.63) is 62.6 Å². The first-order valence-electron chi connectivity index (χ1n) is 16.6. The van der Waals surface area contributed by atoms with Gasteiger partial charge < -0.3 is 30.2 Å². The Morgan fingerprint density at radius 2 is 1.70 bits per heavy atom. The smallest absolute Gasteiger partial charge is 0.351 e. The van der Waals surface area contributed by atoms with Crippen molar-refractivity contribution in [3.63, 3.8) is 0 Å². The predicted octanol–water partition coefficient (Wildman–Crippen LogP) is 5.95. The Bertz CT molecular complexity index is 1400. The van der Waals surface area contributed by atoms with Crippen LogP contribution in [0.1, 0.15) is 61.6 Å². The number of anilines is 1. The number of aryl methyl sites for hydroxylation is 1. The van der Waals surface area contributed by atoms with Gasteiger partial charge in [-0.3, -0.25) is 4.79 Å². The van der Waals surface area contributed by atoms with Gasteiger partial charge >= 0.3 is 12.1 Å². The zero-order valence-corrected chi connectivity index (χ0v) is 28.8. The number of likely N-dealkylation sites (tertiary alicyclic amines) is 2. The second-order valence-electron chi connectivity index (χ2n) is 13.0. The summed E-state index contributed by atoms with van der Waals surface area (Å²) in [5, 5.41) is 8.16. The molecule has 2 aromatic rings. The van der Waals surface area contributed by atoms with E-state index >= 15 is 0 Å². The summed E-state index contributed by atoms with van der Waals surface area (Å²) < 4.78 is 0.758. The summed E-state index contributed by atoms with van der Waals surface area (Å²) in [7, 11) is 0. The summed E-state index contributed by atoms with van der Waals surface area (Å²) >= 11 is 9.91. The summed E-state index contributed by atoms with van der Waals surface area (Å²) in [6.45, 7) is 7.14. The van der Waals surface area contributed by atoms with E-state index in [0.29, 0.717) is 63.1 Å². The number of hydrogen-bond acceptors (Lipinski definition) is 6. The van der Waals surface area contributed by atoms with Gasteiger partial charge in [0.05, 0.1) is 5.02 Å². The Labute approximate surface area is 284 Å². The van der Waals surface area contributed by atoms with Gasteiger partial charge in [-0.25, -0.2) is 9.59 Å². The Morgan fingerprint density at radius 3 is 2.41 bits per heavy atom. The number of rotatable bonds is 7. The molecule has 3 fully saturated rings. The molecule has 0 radical (unpaired) electrons. The van der Waals surface area contributed by atoms with Gasteiger partial charge in [0.15, 0.2) is 0 Å². The van der Waals surface area contributed by atoms with Gasteiger partial charge in [-0.15, -0.1) is 5.06 Å². The molecule has 3 saturated heterocycles. The van der Waals surface area contributed by atoms with Gasteiger partial charge in [-0.2, -0.15) is 0 Å². The fourth-order valence-corrected chi connectivity index (χ4v) is 8.07. The lowest BCUT2D eigenvalue weighted by Crippen LogP contribution is -2.55. The summed E-state index contributed by atoms with van der Waals surface area (Å²) in [6, 6.07) is 11.4. The molecule has 12 heteroatoms. The predicted molar refractivity (Wildman–Crippen MR) is 182 cm³/mol. The minimum absolute atomic E-state index is 0.0463. The van der Waals surface area contributed by atoms with Crippen LogP contribution in [0.25, 0.3) is 0 Å². The maximum Gasteiger partial charge on any atom is 0.426 e. The van der Waals surface area contributed by atoms with E-state index in [2.05, 4.69) is 31.5 Å². The molecule has 2 N–H and O–H groups in total. The van der Waals surface area contributed by atoms with Gasteiger partial charge in [0.1, 0.15) is 6.04 Å². The number of piperidine rings is 3. The van der Waals surface area contributed by atoms with Crippen molar-refractivity contribution in [1.82, 2.24) is 25.1 Å². The SMILES string of the molecule is Cc1cc(CC(NC(=O)ON2CCC(N3Cc4ccccc4NC3=O)CC2)C(=O)N2CCC(N3CCCCC3)CC2)cc(Br)c1Cl. The van der Waals surface area contributed by atoms with E-state index < -0.39 is 12.1 Å². The fraction of sp³-hybridized carbons (Fsp3) is 0.559. The second kappa shape index (κ2) is 14.9. The molecule has 0 aliphatic carbocycles. The molecule has 4 aliphatic heterocycles. The Hall–Kier alpha value is -2.86. The van der Waals surface area contributed by atoms with Crippen molar-refractivity contribution in [2.75, 3.05) is 44.6 Å². The highest BCUT2D eigenvalue weighted by Gasteiger charge is 2.35. The molecule has 6 rings (SSSR count). The van der Waals surface area contributed by atoms with Crippen LogP contribution in [-0.2, 0) is 22.6 Å². The summed E-state index contributed by atoms with van der Waals surface area (Å²) in [6.07, 6.45) is 6.74. The number of nitrogens with one attached hydrogen (secondary N) is 2. The monoisotopic (exact) mass is 714 g/mol. The van der Waals surface area contributed by atoms with E-state index in [0.717, 1.165) is 52.8 Å². The minimum Gasteiger partial charge on any atom is -0.351 e. The van der Waals surface area contributed by atoms with E-state index in [-0.39, 0.29) is 18.0 Å². The van der Waals surface area contributed by atoms with Gasteiger partial charge in [0.2, 0.25) is 5.91 Å². The highest BCUT2D eigenvalue weighted by atomic mass is 79.9. The first-order chi connectivity index (χ1) is 22.2. The van der Waals surface area contributed by atoms with Crippen LogP contribution in [0.4, 0.5) is 15.3 Å². The third-order valence-corrected chi connectivity index (χ3v) is 11.3. The normalized spacial score (nSPS) is 21.0. The zero-order valence-electron chi connectivity index (χ0n) is 26.5. The molecule has 0 saturated carbocycles. The lowest BCUT2D eigenvalue weighted by Gasteiger charge is -2.41. The van der Waals surface area contributed by atoms with E-state index in [1.165, 1.54) is 19.3 Å². The average Bonchev–Trinajstić information content (AvgIpc) is 3.07. The number of para-hydroxylation sites is 1. The number of hydrogen-bond donors (Lipinski definition) is 2. The molecule has 0 spiro atoms. The molecule has 4 aliphatic rings. The van der Waals surface area contributed by atoms with E-state index in [9.17, 15) is 14.4 Å². The van der Waals surface area contributed by atoms with Crippen LogP contribution in [0.15, 0.2) is 40.9 Å². The number of nitrogens with zero attached hydrogens (tertiary/aromatic N) is 4. The molecule has 4 heterocycles. The van der Waals surface area contributed by atoms with Crippen LogP contribution < -0.4 is 10.6 Å². The van der Waals surface area contributed by atoms with Crippen molar-refractivity contribution in [1.29, 1.82) is 0 Å². The van der Waals surface area contributed by atoms with Crippen molar-refractivity contribution in [3.8, 4) is 0 Å². The molecule has 10 nitrogen and oxygen atoms in total. The van der Waals surface area contributed by atoms with E-state index in [4.69, 9.17) is 16.4 Å². The average molecular weight is 716 g/mol. The minimum atomic E-state index is -0.777. The van der Waals surface area contributed by atoms with Gasteiger partial charge in [0, 0.05) is 61.4 Å². The van der Waals surface area contributed by atoms with E-state index in [1.54, 1.807) is 5.06 Å². The highest BCUT2D eigenvalue weighted by molar-refractivity contribution is 9.10. The number of halogens is 2. The van der Waals surface area contributed by atoms with Crippen LogP contribution in [0.5, 0.6) is 0 Å². The number of hydroxylamine groups is 2. The van der Waals surface area contributed by atoms with Crippen LogP contribution in [0, 0.1) is 6.92 Å². The summed E-state index contributed by atoms with van der Waals surface area (Å²) in [5.74, 6) is -0.0899. The van der Waals surface area contributed by atoms with Gasteiger partial charge in [0.25, 0.3) is 0 Å². The van der Waals surface area contributed by atoms with Crippen molar-refractivity contribution in [2.24, 2.45) is 0 Å². The molecule has 1 unspecified atom stereocenters. The van der Waals surface area contributed by atoms with Crippen LogP contribution >= 0.6 is 27.5 Å². The van der Waals surface area contributed by atoms with Crippen LogP contribution in [0.2, 0.25) is 5.02 Å². The zero-order chi connectivity index (χ0) is 32.2. The quantitative estimate of drug-likeness (QED) is 0.368. The molecular weight excluding hydrogens is 672 g/mol. The Kier molecular flexibility index (Phi) is 10.7. The molecular formula is C34H44BrClN6O4. The summed E-state index contributed by atoms with van der Waals surface area (Å²) in [5.41, 5.74) is 3.75. The maximum absolute atomic E-state index is 13.9. The van der Waals surface area contributed by atoms with Gasteiger partial charge in [-0.05, 0) is 103 Å². The number of amides is 4. The Morgan fingerprint density at radius 1 is 1.00 bits per heavy atom. The molecule has 1 atom stereocenters. The number of carbonyl (C=O) groups excluding carboxylic acids is 3. The first-order valence-corrected chi connectivity index (χ1v) is 17.8. The highest BCUT2D eigenvalue weighted by Crippen LogP contribution is 2.30. The third-order valence-electron chi connectivity index (χ3n) is 9.92. The van der Waals surface area contributed by atoms with Crippen molar-refractivity contribution >= 4 is 51.2 Å². The first kappa shape index (κ1) is 33.1. The molecule has 0 aromatic heterocycles. The van der Waals surface area contributed by atoms with Gasteiger partial charge in [-0.1, -0.05) is 42.3 Å². The third kappa shape index (κ3) is 7.81. The molecule has 4 amide bonds. The largest absolute Gasteiger partial charge is 0.426 e. The lowest BCUT2D eigenvalue weighted by atomic mass is 9.98. The van der Waals surface area contributed by atoms with E-state index in [1.807, 2.05) is 53.1 Å². The van der Waals surface area contributed by atoms with Crippen LogP contribution in [0.3, 0.4) is 0 Å². The standard InChI is InChI=1S/C34H44BrClN6O4/c1-23-19-24(20-28(35)31(23)36)21-30(32(43)40-15-9-26(10-16-40)39-13-5-2-6-14-39)38-34(45)46-41-17-11-27(12-18-41)42-22-25-7-3-4-8-29(25)37-33(42)44/h3-4,7-8,19-20,26-27,30H,2,5-6,9-18,21-22H2,1H3,(H,37,44)(H,38,45). The topological polar surface area (TPSA) is 97.5 Å². The summed E-state index contributed by atoms with van der Waals surface area (Å²) in [4.78, 5) is 52.1. The number of fused-ring (bicyclic) bond motifs is 1. The Balaban J connectivity index is 1.06. The lowest BCUT2D eigenvalue weighted by molar-refractivity contribution is -0.137. The molecule has 0 bridgehead atoms. The second-order valence-corrected chi connectivity index (χ2v) is 14.2. The maximum atomic E-state index is 13.9. The van der Waals surface area contributed by atoms with Crippen LogP contribution in [-0.4, -0.2) is 95.2 Å². The number of benzene rings is 2. The number of carbonyl (C=O) groups is 3. The molecule has 46 heavy (non-hydrogen) atoms. The van der Waals surface area contributed by atoms with Crippen molar-refractivity contribution in [2.45, 2.75) is 83.0 Å². The van der Waals surface area contributed by atoms with Crippen molar-refractivity contribution < 1.29 is 19.2 Å². The molecule has 248 valence electrons. The fourth-order valence-electron chi connectivity index (χ4n) is 7.35.